The summed E-state index contributed by atoms with van der Waals surface area (Å²) < 4.78 is 7.99. The second kappa shape index (κ2) is 11.3. The Bertz CT molecular complexity index is 1120. The van der Waals surface area contributed by atoms with E-state index in [4.69, 9.17) is 33.0 Å². The molecule has 0 spiro atoms. The van der Waals surface area contributed by atoms with Crippen molar-refractivity contribution in [2.24, 2.45) is 0 Å². The summed E-state index contributed by atoms with van der Waals surface area (Å²) in [6.07, 6.45) is 4.30. The molecule has 0 saturated carbocycles. The van der Waals surface area contributed by atoms with Crippen LogP contribution in [0.2, 0.25) is 10.0 Å². The van der Waals surface area contributed by atoms with Crippen molar-refractivity contribution in [1.82, 2.24) is 20.0 Å². The number of para-hydroxylation sites is 1. The zero-order valence-electron chi connectivity index (χ0n) is 19.6. The van der Waals surface area contributed by atoms with E-state index in [2.05, 4.69) is 19.2 Å². The lowest BCUT2D eigenvalue weighted by molar-refractivity contribution is 0.0754. The average Bonchev–Trinajstić information content (AvgIpc) is 2.98. The highest BCUT2D eigenvalue weighted by Gasteiger charge is 2.29. The molecular formula is C26H30Cl2N4O2. The van der Waals surface area contributed by atoms with E-state index in [1.54, 1.807) is 35.0 Å². The Morgan fingerprint density at radius 1 is 1.03 bits per heavy atom. The molecule has 1 aliphatic heterocycles. The van der Waals surface area contributed by atoms with Crippen LogP contribution in [0.15, 0.2) is 48.5 Å². The van der Waals surface area contributed by atoms with E-state index in [0.717, 1.165) is 38.8 Å². The van der Waals surface area contributed by atoms with E-state index in [9.17, 15) is 4.79 Å². The Balaban J connectivity index is 1.84. The van der Waals surface area contributed by atoms with Gasteiger partial charge in [-0.15, -0.1) is 0 Å². The van der Waals surface area contributed by atoms with Gasteiger partial charge in [0.25, 0.3) is 5.91 Å². The van der Waals surface area contributed by atoms with Crippen LogP contribution < -0.4 is 10.1 Å². The van der Waals surface area contributed by atoms with Gasteiger partial charge in [-0.3, -0.25) is 4.79 Å². The lowest BCUT2D eigenvalue weighted by atomic mass is 10.2. The van der Waals surface area contributed by atoms with Gasteiger partial charge in [0.05, 0.1) is 16.3 Å². The zero-order valence-corrected chi connectivity index (χ0v) is 21.1. The molecular weight excluding hydrogens is 471 g/mol. The largest absolute Gasteiger partial charge is 0.439 e. The molecule has 1 amide bonds. The first kappa shape index (κ1) is 24.6. The Morgan fingerprint density at radius 2 is 1.71 bits per heavy atom. The van der Waals surface area contributed by atoms with Crippen LogP contribution in [0.5, 0.6) is 11.6 Å². The van der Waals surface area contributed by atoms with Crippen LogP contribution in [0.3, 0.4) is 0 Å². The van der Waals surface area contributed by atoms with Crippen LogP contribution in [0.4, 0.5) is 0 Å². The number of hydrogen-bond acceptors (Lipinski definition) is 4. The maximum absolute atomic E-state index is 13.7. The van der Waals surface area contributed by atoms with Gasteiger partial charge in [-0.05, 0) is 49.2 Å². The van der Waals surface area contributed by atoms with Crippen LogP contribution in [0.1, 0.15) is 55.6 Å². The molecule has 4 rings (SSSR count). The van der Waals surface area contributed by atoms with Crippen LogP contribution in [-0.2, 0) is 6.54 Å². The molecule has 2 aromatic carbocycles. The third-order valence-electron chi connectivity index (χ3n) is 5.83. The number of carbonyl (C=O) groups excluding carboxylic acids is 1. The number of ether oxygens (including phenoxy) is 1. The van der Waals surface area contributed by atoms with Crippen LogP contribution in [-0.4, -0.2) is 39.7 Å². The van der Waals surface area contributed by atoms with Gasteiger partial charge in [0.15, 0.2) is 5.69 Å². The number of likely N-dealkylation sites (tertiary alicyclic amines) is 1. The van der Waals surface area contributed by atoms with Gasteiger partial charge in [0, 0.05) is 30.7 Å². The van der Waals surface area contributed by atoms with Gasteiger partial charge in [-0.1, -0.05) is 62.0 Å². The average molecular weight is 501 g/mol. The summed E-state index contributed by atoms with van der Waals surface area (Å²) in [6.45, 7) is 6.04. The molecule has 1 saturated heterocycles. The molecule has 2 heterocycles. The molecule has 34 heavy (non-hydrogen) atoms. The second-order valence-corrected chi connectivity index (χ2v) is 9.64. The van der Waals surface area contributed by atoms with Crippen LogP contribution >= 0.6 is 23.2 Å². The maximum atomic E-state index is 13.7. The number of carbonyl (C=O) groups is 1. The molecule has 1 aliphatic rings. The summed E-state index contributed by atoms with van der Waals surface area (Å²) in [5.74, 6) is 0.980. The van der Waals surface area contributed by atoms with Gasteiger partial charge in [0.2, 0.25) is 5.88 Å². The SMILES string of the molecule is CC(C)NCc1c(C(=O)N2CCCCCC2)nn(-c2ccccc2Cl)c1Oc1ccc(Cl)cc1. The smallest absolute Gasteiger partial charge is 0.274 e. The fourth-order valence-corrected chi connectivity index (χ4v) is 4.34. The van der Waals surface area contributed by atoms with E-state index in [1.165, 1.54) is 0 Å². The first-order valence-corrected chi connectivity index (χ1v) is 12.5. The molecule has 1 fully saturated rings. The summed E-state index contributed by atoms with van der Waals surface area (Å²) in [5.41, 5.74) is 1.74. The summed E-state index contributed by atoms with van der Waals surface area (Å²) in [5, 5.41) is 9.35. The molecule has 3 aromatic rings. The Labute approximate surface area is 210 Å². The van der Waals surface area contributed by atoms with Gasteiger partial charge in [-0.2, -0.15) is 9.78 Å². The molecule has 0 bridgehead atoms. The van der Waals surface area contributed by atoms with Crippen molar-refractivity contribution in [2.45, 2.75) is 52.1 Å². The van der Waals surface area contributed by atoms with Crippen molar-refractivity contribution in [2.75, 3.05) is 13.1 Å². The third kappa shape index (κ3) is 5.74. The highest BCUT2D eigenvalue weighted by Crippen LogP contribution is 2.34. The zero-order chi connectivity index (χ0) is 24.1. The summed E-state index contributed by atoms with van der Waals surface area (Å²) >= 11 is 12.6. The molecule has 1 N–H and O–H groups in total. The molecule has 0 unspecified atom stereocenters. The van der Waals surface area contributed by atoms with E-state index < -0.39 is 0 Å². The number of nitrogens with zero attached hydrogens (tertiary/aromatic N) is 3. The van der Waals surface area contributed by atoms with Gasteiger partial charge in [-0.25, -0.2) is 0 Å². The lowest BCUT2D eigenvalue weighted by Crippen LogP contribution is -2.33. The Kier molecular flexibility index (Phi) is 8.14. The van der Waals surface area contributed by atoms with Gasteiger partial charge in [0.1, 0.15) is 5.75 Å². The topological polar surface area (TPSA) is 59.4 Å². The van der Waals surface area contributed by atoms with Crippen molar-refractivity contribution in [3.05, 3.63) is 69.8 Å². The number of nitrogens with one attached hydrogen (secondary N) is 1. The minimum atomic E-state index is -0.0748. The van der Waals surface area contributed by atoms with Crippen molar-refractivity contribution < 1.29 is 9.53 Å². The highest BCUT2D eigenvalue weighted by atomic mass is 35.5. The molecule has 0 radical (unpaired) electrons. The second-order valence-electron chi connectivity index (χ2n) is 8.79. The number of aromatic nitrogens is 2. The molecule has 0 aliphatic carbocycles. The molecule has 8 heteroatoms. The third-order valence-corrected chi connectivity index (χ3v) is 6.40. The normalized spacial score (nSPS) is 14.3. The van der Waals surface area contributed by atoms with Crippen molar-refractivity contribution >= 4 is 29.1 Å². The minimum Gasteiger partial charge on any atom is -0.439 e. The summed E-state index contributed by atoms with van der Waals surface area (Å²) in [7, 11) is 0. The number of benzene rings is 2. The molecule has 0 atom stereocenters. The van der Waals surface area contributed by atoms with Crippen molar-refractivity contribution in [3.8, 4) is 17.3 Å². The highest BCUT2D eigenvalue weighted by molar-refractivity contribution is 6.32. The number of halogens is 2. The number of amides is 1. The molecule has 1 aromatic heterocycles. The monoisotopic (exact) mass is 500 g/mol. The fraction of sp³-hybridized carbons (Fsp3) is 0.385. The number of hydrogen-bond donors (Lipinski definition) is 1. The summed E-state index contributed by atoms with van der Waals surface area (Å²) in [6, 6.07) is 14.7. The van der Waals surface area contributed by atoms with Gasteiger partial charge >= 0.3 is 0 Å². The molecule has 6 nitrogen and oxygen atoms in total. The molecule has 180 valence electrons. The lowest BCUT2D eigenvalue weighted by Gasteiger charge is -2.20. The number of rotatable bonds is 7. The van der Waals surface area contributed by atoms with E-state index in [-0.39, 0.29) is 11.9 Å². The first-order valence-electron chi connectivity index (χ1n) is 11.8. The Morgan fingerprint density at radius 3 is 2.35 bits per heavy atom. The standard InChI is InChI=1S/C26H30Cl2N4O2/c1-18(2)29-17-21-24(25(33)31-15-7-3-4-8-16-31)30-32(23-10-6-5-9-22(23)28)26(21)34-20-13-11-19(27)12-14-20/h5-6,9-14,18,29H,3-4,7-8,15-17H2,1-2H3. The summed E-state index contributed by atoms with van der Waals surface area (Å²) in [4.78, 5) is 15.6. The Hall–Kier alpha value is -2.54. The van der Waals surface area contributed by atoms with E-state index in [1.807, 2.05) is 23.1 Å². The quantitative estimate of drug-likeness (QED) is 0.402. The van der Waals surface area contributed by atoms with Gasteiger partial charge < -0.3 is 15.0 Å². The first-order chi connectivity index (χ1) is 16.4. The van der Waals surface area contributed by atoms with Crippen molar-refractivity contribution in [3.63, 3.8) is 0 Å². The predicted octanol–water partition coefficient (Wildman–Crippen LogP) is 6.49. The maximum Gasteiger partial charge on any atom is 0.274 e. The minimum absolute atomic E-state index is 0.0748. The van der Waals surface area contributed by atoms with E-state index >= 15 is 0 Å². The van der Waals surface area contributed by atoms with Crippen LogP contribution in [0, 0.1) is 0 Å². The van der Waals surface area contributed by atoms with E-state index in [0.29, 0.717) is 45.2 Å². The fourth-order valence-electron chi connectivity index (χ4n) is 4.00. The van der Waals surface area contributed by atoms with Crippen molar-refractivity contribution in [1.29, 1.82) is 0 Å². The van der Waals surface area contributed by atoms with Crippen LogP contribution in [0.25, 0.3) is 5.69 Å². The predicted molar refractivity (Wildman–Crippen MR) is 136 cm³/mol.